The van der Waals surface area contributed by atoms with Crippen LogP contribution < -0.4 is 9.47 Å². The van der Waals surface area contributed by atoms with Gasteiger partial charge in [-0.1, -0.05) is 25.3 Å². The van der Waals surface area contributed by atoms with Crippen LogP contribution in [0, 0.1) is 5.82 Å². The summed E-state index contributed by atoms with van der Waals surface area (Å²) in [6.07, 6.45) is -0.754. The average Bonchev–Trinajstić information content (AvgIpc) is 2.75. The zero-order valence-electron chi connectivity index (χ0n) is 17.8. The minimum Gasteiger partial charge on any atom is -0.497 e. The topological polar surface area (TPSA) is 71.1 Å². The smallest absolute Gasteiger partial charge is 0.333 e. The number of hydrogen-bond donors (Lipinski definition) is 0. The number of carbonyl (C=O) groups excluding carboxylic acids is 2. The molecule has 0 spiro atoms. The van der Waals surface area contributed by atoms with Crippen molar-refractivity contribution in [1.82, 2.24) is 0 Å². The molecule has 0 heterocycles. The predicted octanol–water partition coefficient (Wildman–Crippen LogP) is 4.49. The molecule has 0 saturated carbocycles. The van der Waals surface area contributed by atoms with E-state index in [1.165, 1.54) is 27.0 Å². The maximum Gasteiger partial charge on any atom is 0.333 e. The van der Waals surface area contributed by atoms with Gasteiger partial charge in [-0.25, -0.2) is 14.0 Å². The van der Waals surface area contributed by atoms with Gasteiger partial charge in [0.05, 0.1) is 7.11 Å². The Morgan fingerprint density at radius 1 is 0.903 bits per heavy atom. The van der Waals surface area contributed by atoms with Gasteiger partial charge in [-0.3, -0.25) is 0 Å². The van der Waals surface area contributed by atoms with Gasteiger partial charge >= 0.3 is 11.9 Å². The Balaban J connectivity index is 2.11. The van der Waals surface area contributed by atoms with Crippen molar-refractivity contribution in [2.75, 3.05) is 20.3 Å². The molecule has 164 valence electrons. The van der Waals surface area contributed by atoms with Gasteiger partial charge in [-0.2, -0.15) is 0 Å². The van der Waals surface area contributed by atoms with Crippen molar-refractivity contribution < 1.29 is 32.9 Å². The zero-order valence-corrected chi connectivity index (χ0v) is 17.8. The summed E-state index contributed by atoms with van der Waals surface area (Å²) in [7, 11) is 1.47. The van der Waals surface area contributed by atoms with Crippen LogP contribution in [-0.4, -0.2) is 38.4 Å². The number of halogens is 1. The van der Waals surface area contributed by atoms with E-state index in [2.05, 4.69) is 13.2 Å². The molecular formula is C24H25FO6. The molecule has 7 heteroatoms. The molecule has 0 fully saturated rings. The maximum atomic E-state index is 14.3. The Labute approximate surface area is 180 Å². The monoisotopic (exact) mass is 428 g/mol. The molecule has 0 unspecified atom stereocenters. The lowest BCUT2D eigenvalue weighted by Gasteiger charge is -2.19. The van der Waals surface area contributed by atoms with E-state index in [0.717, 1.165) is 0 Å². The van der Waals surface area contributed by atoms with Crippen molar-refractivity contribution in [2.45, 2.75) is 20.0 Å². The molecule has 0 amide bonds. The van der Waals surface area contributed by atoms with Crippen LogP contribution in [-0.2, 0) is 19.1 Å². The number of esters is 2. The highest BCUT2D eigenvalue weighted by molar-refractivity contribution is 5.87. The summed E-state index contributed by atoms with van der Waals surface area (Å²) in [4.78, 5) is 23.4. The van der Waals surface area contributed by atoms with Crippen LogP contribution in [0.3, 0.4) is 0 Å². The number of benzene rings is 2. The van der Waals surface area contributed by atoms with Crippen LogP contribution in [0.4, 0.5) is 4.39 Å². The van der Waals surface area contributed by atoms with Crippen LogP contribution in [0.15, 0.2) is 66.8 Å². The van der Waals surface area contributed by atoms with Gasteiger partial charge in [0.1, 0.15) is 30.5 Å². The van der Waals surface area contributed by atoms with E-state index in [4.69, 9.17) is 18.9 Å². The fraction of sp³-hybridized carbons (Fsp3) is 0.250. The van der Waals surface area contributed by atoms with Gasteiger partial charge in [0.15, 0.2) is 6.10 Å². The SMILES string of the molecule is C=C(C)C(=O)OCC(COC(=O)C(=C)C)Oc1ccc(-c2ccc(OC)cc2F)cc1. The summed E-state index contributed by atoms with van der Waals surface area (Å²) in [6, 6.07) is 11.3. The number of carbonyl (C=O) groups is 2. The maximum absolute atomic E-state index is 14.3. The first-order chi connectivity index (χ1) is 14.7. The second-order valence-electron chi connectivity index (χ2n) is 6.87. The lowest BCUT2D eigenvalue weighted by molar-refractivity contribution is -0.146. The van der Waals surface area contributed by atoms with Crippen molar-refractivity contribution >= 4 is 11.9 Å². The van der Waals surface area contributed by atoms with Crippen molar-refractivity contribution in [3.05, 3.63) is 72.6 Å². The average molecular weight is 428 g/mol. The van der Waals surface area contributed by atoms with E-state index in [0.29, 0.717) is 22.6 Å². The van der Waals surface area contributed by atoms with Crippen LogP contribution in [0.5, 0.6) is 11.5 Å². The summed E-state index contributed by atoms with van der Waals surface area (Å²) < 4.78 is 35.4. The molecule has 0 N–H and O–H groups in total. The lowest BCUT2D eigenvalue weighted by Crippen LogP contribution is -2.31. The van der Waals surface area contributed by atoms with Crippen LogP contribution in [0.2, 0.25) is 0 Å². The normalized spacial score (nSPS) is 10.4. The summed E-state index contributed by atoms with van der Waals surface area (Å²) in [5, 5.41) is 0. The van der Waals surface area contributed by atoms with Crippen molar-refractivity contribution in [2.24, 2.45) is 0 Å². The van der Waals surface area contributed by atoms with E-state index in [1.54, 1.807) is 36.4 Å². The second-order valence-corrected chi connectivity index (χ2v) is 6.87. The zero-order chi connectivity index (χ0) is 23.0. The molecule has 0 saturated heterocycles. The first-order valence-corrected chi connectivity index (χ1v) is 9.47. The molecular weight excluding hydrogens is 403 g/mol. The molecule has 2 aromatic rings. The molecule has 0 bridgehead atoms. The molecule has 31 heavy (non-hydrogen) atoms. The molecule has 6 nitrogen and oxygen atoms in total. The number of rotatable bonds is 10. The lowest BCUT2D eigenvalue weighted by atomic mass is 10.0. The fourth-order valence-electron chi connectivity index (χ4n) is 2.46. The first kappa shape index (κ1) is 23.7. The third kappa shape index (κ3) is 6.99. The van der Waals surface area contributed by atoms with Gasteiger partial charge in [0, 0.05) is 22.8 Å². The Morgan fingerprint density at radius 2 is 1.42 bits per heavy atom. The summed E-state index contributed by atoms with van der Waals surface area (Å²) in [5.41, 5.74) is 1.54. The molecule has 0 aliphatic heterocycles. The van der Waals surface area contributed by atoms with E-state index in [9.17, 15) is 14.0 Å². The Morgan fingerprint density at radius 3 is 1.87 bits per heavy atom. The van der Waals surface area contributed by atoms with Crippen molar-refractivity contribution in [3.8, 4) is 22.6 Å². The van der Waals surface area contributed by atoms with Crippen molar-refractivity contribution in [3.63, 3.8) is 0 Å². The quantitative estimate of drug-likeness (QED) is 0.410. The molecule has 2 aromatic carbocycles. The molecule has 0 radical (unpaired) electrons. The van der Waals surface area contributed by atoms with Gasteiger partial charge < -0.3 is 18.9 Å². The minimum atomic E-state index is -0.754. The Kier molecular flexibility index (Phi) is 8.37. The fourth-order valence-corrected chi connectivity index (χ4v) is 2.46. The largest absolute Gasteiger partial charge is 0.497 e. The van der Waals surface area contributed by atoms with Gasteiger partial charge in [0.25, 0.3) is 0 Å². The summed E-state index contributed by atoms with van der Waals surface area (Å²) in [6.45, 7) is 9.79. The molecule has 0 aromatic heterocycles. The molecule has 0 aliphatic carbocycles. The number of methoxy groups -OCH3 is 1. The van der Waals surface area contributed by atoms with Gasteiger partial charge in [-0.15, -0.1) is 0 Å². The van der Waals surface area contributed by atoms with Crippen molar-refractivity contribution in [1.29, 1.82) is 0 Å². The highest BCUT2D eigenvalue weighted by atomic mass is 19.1. The van der Waals surface area contributed by atoms with E-state index in [1.807, 2.05) is 0 Å². The van der Waals surface area contributed by atoms with E-state index >= 15 is 0 Å². The predicted molar refractivity (Wildman–Crippen MR) is 114 cm³/mol. The standard InChI is InChI=1S/C24H25FO6/c1-15(2)23(26)29-13-20(14-30-24(27)16(3)4)31-18-8-6-17(7-9-18)21-11-10-19(28-5)12-22(21)25/h6-12,20H,1,3,13-14H2,2,4-5H3. The summed E-state index contributed by atoms with van der Waals surface area (Å²) >= 11 is 0. The Hall–Kier alpha value is -3.61. The van der Waals surface area contributed by atoms with Crippen LogP contribution in [0.25, 0.3) is 11.1 Å². The number of hydrogen-bond acceptors (Lipinski definition) is 6. The van der Waals surface area contributed by atoms with E-state index in [-0.39, 0.29) is 24.4 Å². The minimum absolute atomic E-state index is 0.149. The van der Waals surface area contributed by atoms with Crippen LogP contribution in [0.1, 0.15) is 13.8 Å². The number of ether oxygens (including phenoxy) is 4. The second kappa shape index (κ2) is 11.0. The molecule has 2 rings (SSSR count). The molecule has 0 aliphatic rings. The summed E-state index contributed by atoms with van der Waals surface area (Å²) in [5.74, 6) is -0.710. The first-order valence-electron chi connectivity index (χ1n) is 9.47. The van der Waals surface area contributed by atoms with Gasteiger partial charge in [-0.05, 0) is 43.7 Å². The van der Waals surface area contributed by atoms with E-state index < -0.39 is 23.9 Å². The third-order valence-corrected chi connectivity index (χ3v) is 4.14. The highest BCUT2D eigenvalue weighted by Crippen LogP contribution is 2.28. The third-order valence-electron chi connectivity index (χ3n) is 4.14. The Bertz CT molecular complexity index is 935. The van der Waals surface area contributed by atoms with Crippen LogP contribution >= 0.6 is 0 Å². The van der Waals surface area contributed by atoms with Gasteiger partial charge in [0.2, 0.25) is 0 Å². The molecule has 0 atom stereocenters. The highest BCUT2D eigenvalue weighted by Gasteiger charge is 2.18.